The van der Waals surface area contributed by atoms with Crippen LogP contribution in [0, 0.1) is 0 Å². The third kappa shape index (κ3) is 4.48. The molecule has 0 atom stereocenters. The fourth-order valence-electron chi connectivity index (χ4n) is 3.10. The number of carbonyl (C=O) groups is 2. The van der Waals surface area contributed by atoms with Crippen LogP contribution in [0.4, 0.5) is 0 Å². The number of aryl methyl sites for hydroxylation is 1. The van der Waals surface area contributed by atoms with E-state index >= 15 is 0 Å². The van der Waals surface area contributed by atoms with Crippen molar-refractivity contribution >= 4 is 34.3 Å². The van der Waals surface area contributed by atoms with Crippen LogP contribution < -0.4 is 25.9 Å². The number of amides is 2. The standard InChI is InChI=1S/C21H20N4O5S/c1-2-25-21(28)15-6-4-3-5-14(15)19(24-25)20(27)23-22-18(26)12-31-13-7-8-16-17(11-13)30-10-9-29-16/h3-8,11H,2,9-10,12H2,1H3,(H,22,26)(H,23,27). The Morgan fingerprint density at radius 2 is 1.81 bits per heavy atom. The average Bonchev–Trinajstić information content (AvgIpc) is 2.81. The van der Waals surface area contributed by atoms with Gasteiger partial charge < -0.3 is 9.47 Å². The van der Waals surface area contributed by atoms with Crippen molar-refractivity contribution in [2.75, 3.05) is 19.0 Å². The lowest BCUT2D eigenvalue weighted by molar-refractivity contribution is -0.119. The van der Waals surface area contributed by atoms with Crippen LogP contribution in [-0.4, -0.2) is 40.6 Å². The number of aromatic nitrogens is 2. The first kappa shape index (κ1) is 20.7. The van der Waals surface area contributed by atoms with Crippen molar-refractivity contribution in [3.63, 3.8) is 0 Å². The van der Waals surface area contributed by atoms with Crippen molar-refractivity contribution in [1.82, 2.24) is 20.6 Å². The monoisotopic (exact) mass is 440 g/mol. The van der Waals surface area contributed by atoms with Crippen LogP contribution in [0.1, 0.15) is 17.4 Å². The summed E-state index contributed by atoms with van der Waals surface area (Å²) in [4.78, 5) is 38.1. The molecule has 0 saturated heterocycles. The molecular formula is C21H20N4O5S. The number of thioether (sulfide) groups is 1. The van der Waals surface area contributed by atoms with E-state index in [0.29, 0.717) is 42.0 Å². The first-order valence-electron chi connectivity index (χ1n) is 9.68. The zero-order chi connectivity index (χ0) is 21.8. The number of nitrogens with one attached hydrogen (secondary N) is 2. The van der Waals surface area contributed by atoms with E-state index < -0.39 is 5.91 Å². The third-order valence-corrected chi connectivity index (χ3v) is 5.58. The number of hydrazine groups is 1. The summed E-state index contributed by atoms with van der Waals surface area (Å²) in [7, 11) is 0. The minimum atomic E-state index is -0.601. The molecule has 0 radical (unpaired) electrons. The fraction of sp³-hybridized carbons (Fsp3) is 0.238. The first-order chi connectivity index (χ1) is 15.1. The predicted molar refractivity (Wildman–Crippen MR) is 115 cm³/mol. The van der Waals surface area contributed by atoms with Crippen LogP contribution >= 0.6 is 11.8 Å². The quantitative estimate of drug-likeness (QED) is 0.459. The molecule has 9 nitrogen and oxygen atoms in total. The van der Waals surface area contributed by atoms with Gasteiger partial charge in [0.15, 0.2) is 17.2 Å². The van der Waals surface area contributed by atoms with Crippen LogP contribution in [0.15, 0.2) is 52.2 Å². The average molecular weight is 440 g/mol. The van der Waals surface area contributed by atoms with Crippen LogP contribution in [-0.2, 0) is 11.3 Å². The summed E-state index contributed by atoms with van der Waals surface area (Å²) in [6.07, 6.45) is 0. The summed E-state index contributed by atoms with van der Waals surface area (Å²) >= 11 is 1.30. The van der Waals surface area contributed by atoms with E-state index in [1.807, 2.05) is 12.1 Å². The molecule has 0 aliphatic carbocycles. The van der Waals surface area contributed by atoms with Gasteiger partial charge in [0.2, 0.25) is 5.91 Å². The molecule has 0 bridgehead atoms. The highest BCUT2D eigenvalue weighted by atomic mass is 32.2. The van der Waals surface area contributed by atoms with Gasteiger partial charge in [-0.3, -0.25) is 25.2 Å². The lowest BCUT2D eigenvalue weighted by Crippen LogP contribution is -2.43. The molecule has 2 aromatic carbocycles. The van der Waals surface area contributed by atoms with Gasteiger partial charge in [0.25, 0.3) is 11.5 Å². The maximum atomic E-state index is 12.6. The Hall–Kier alpha value is -3.53. The largest absolute Gasteiger partial charge is 0.486 e. The third-order valence-electron chi connectivity index (χ3n) is 4.58. The van der Waals surface area contributed by atoms with Crippen molar-refractivity contribution in [3.8, 4) is 11.5 Å². The fourth-order valence-corrected chi connectivity index (χ4v) is 3.83. The second kappa shape index (κ2) is 9.09. The van der Waals surface area contributed by atoms with Gasteiger partial charge in [0.05, 0.1) is 11.1 Å². The van der Waals surface area contributed by atoms with Crippen molar-refractivity contribution < 1.29 is 19.1 Å². The van der Waals surface area contributed by atoms with E-state index in [-0.39, 0.29) is 22.9 Å². The smallest absolute Gasteiger partial charge is 0.290 e. The number of benzene rings is 2. The number of hydrogen-bond donors (Lipinski definition) is 2. The highest BCUT2D eigenvalue weighted by molar-refractivity contribution is 8.00. The lowest BCUT2D eigenvalue weighted by atomic mass is 10.1. The van der Waals surface area contributed by atoms with Gasteiger partial charge in [0, 0.05) is 16.8 Å². The minimum Gasteiger partial charge on any atom is -0.486 e. The van der Waals surface area contributed by atoms with Gasteiger partial charge in [-0.05, 0) is 31.2 Å². The zero-order valence-electron chi connectivity index (χ0n) is 16.7. The summed E-state index contributed by atoms with van der Waals surface area (Å²) in [6, 6.07) is 12.2. The van der Waals surface area contributed by atoms with E-state index in [1.54, 1.807) is 37.3 Å². The Bertz CT molecular complexity index is 1210. The molecule has 1 aliphatic rings. The molecule has 0 fully saturated rings. The molecule has 4 rings (SSSR count). The first-order valence-corrected chi connectivity index (χ1v) is 10.7. The molecule has 2 amide bonds. The van der Waals surface area contributed by atoms with E-state index in [9.17, 15) is 14.4 Å². The lowest BCUT2D eigenvalue weighted by Gasteiger charge is -2.18. The van der Waals surface area contributed by atoms with Gasteiger partial charge in [-0.1, -0.05) is 18.2 Å². The number of fused-ring (bicyclic) bond motifs is 2. The molecule has 2 N–H and O–H groups in total. The second-order valence-electron chi connectivity index (χ2n) is 6.61. The van der Waals surface area contributed by atoms with Gasteiger partial charge in [0.1, 0.15) is 13.2 Å². The number of nitrogens with zero attached hydrogens (tertiary/aromatic N) is 2. The van der Waals surface area contributed by atoms with Crippen LogP contribution in [0.25, 0.3) is 10.8 Å². The zero-order valence-corrected chi connectivity index (χ0v) is 17.5. The summed E-state index contributed by atoms with van der Waals surface area (Å²) in [5.41, 5.74) is 4.56. The molecule has 0 spiro atoms. The molecule has 31 heavy (non-hydrogen) atoms. The van der Waals surface area contributed by atoms with Crippen LogP contribution in [0.3, 0.4) is 0 Å². The van der Waals surface area contributed by atoms with E-state index in [1.165, 1.54) is 16.4 Å². The van der Waals surface area contributed by atoms with Crippen molar-refractivity contribution in [3.05, 3.63) is 58.5 Å². The highest BCUT2D eigenvalue weighted by Gasteiger charge is 2.17. The number of ether oxygens (including phenoxy) is 2. The molecule has 0 unspecified atom stereocenters. The predicted octanol–water partition coefficient (Wildman–Crippen LogP) is 1.74. The highest BCUT2D eigenvalue weighted by Crippen LogP contribution is 2.34. The normalized spacial score (nSPS) is 12.4. The van der Waals surface area contributed by atoms with Gasteiger partial charge in [-0.2, -0.15) is 5.10 Å². The van der Waals surface area contributed by atoms with Gasteiger partial charge >= 0.3 is 0 Å². The van der Waals surface area contributed by atoms with E-state index in [4.69, 9.17) is 9.47 Å². The Labute approximate surface area is 181 Å². The second-order valence-corrected chi connectivity index (χ2v) is 7.66. The number of hydrogen-bond acceptors (Lipinski definition) is 7. The number of carbonyl (C=O) groups excluding carboxylic acids is 2. The Balaban J connectivity index is 1.39. The molecule has 10 heteroatoms. The Morgan fingerprint density at radius 1 is 1.06 bits per heavy atom. The summed E-state index contributed by atoms with van der Waals surface area (Å²) in [5, 5.41) is 4.96. The van der Waals surface area contributed by atoms with Crippen LogP contribution in [0.5, 0.6) is 11.5 Å². The topological polar surface area (TPSA) is 112 Å². The maximum Gasteiger partial charge on any atom is 0.290 e. The molecule has 0 saturated carbocycles. The van der Waals surface area contributed by atoms with E-state index in [2.05, 4.69) is 16.0 Å². The maximum absolute atomic E-state index is 12.6. The minimum absolute atomic E-state index is 0.0665. The molecule has 2 heterocycles. The Kier molecular flexibility index (Phi) is 6.08. The SMILES string of the molecule is CCn1nc(C(=O)NNC(=O)CSc2ccc3c(c2)OCCO3)c2ccccc2c1=O. The summed E-state index contributed by atoms with van der Waals surface area (Å²) in [5.74, 6) is 0.426. The molecule has 160 valence electrons. The van der Waals surface area contributed by atoms with Gasteiger partial charge in [-0.15, -0.1) is 11.8 Å². The van der Waals surface area contributed by atoms with Gasteiger partial charge in [-0.25, -0.2) is 4.68 Å². The Morgan fingerprint density at radius 3 is 2.58 bits per heavy atom. The van der Waals surface area contributed by atoms with Crippen molar-refractivity contribution in [2.24, 2.45) is 0 Å². The van der Waals surface area contributed by atoms with Crippen molar-refractivity contribution in [2.45, 2.75) is 18.4 Å². The van der Waals surface area contributed by atoms with Crippen LogP contribution in [0.2, 0.25) is 0 Å². The summed E-state index contributed by atoms with van der Waals surface area (Å²) in [6.45, 7) is 3.09. The summed E-state index contributed by atoms with van der Waals surface area (Å²) < 4.78 is 12.2. The van der Waals surface area contributed by atoms with E-state index in [0.717, 1.165) is 4.90 Å². The number of rotatable bonds is 5. The molecular weight excluding hydrogens is 420 g/mol. The molecule has 3 aromatic rings. The molecule has 1 aromatic heterocycles. The molecule has 1 aliphatic heterocycles. The van der Waals surface area contributed by atoms with Crippen molar-refractivity contribution in [1.29, 1.82) is 0 Å².